The van der Waals surface area contributed by atoms with Crippen LogP contribution in [-0.4, -0.2) is 93.1 Å². The van der Waals surface area contributed by atoms with Crippen LogP contribution in [0.3, 0.4) is 0 Å². The van der Waals surface area contributed by atoms with Gasteiger partial charge >= 0.3 is 12.2 Å². The van der Waals surface area contributed by atoms with Gasteiger partial charge in [0.15, 0.2) is 0 Å². The Kier molecular flexibility index (Phi) is 9.34. The van der Waals surface area contributed by atoms with Gasteiger partial charge in [-0.1, -0.05) is 36.4 Å². The van der Waals surface area contributed by atoms with Crippen LogP contribution in [-0.2, 0) is 19.1 Å². The predicted octanol–water partition coefficient (Wildman–Crippen LogP) is 6.37. The first-order chi connectivity index (χ1) is 27.3. The van der Waals surface area contributed by atoms with Gasteiger partial charge in [0.05, 0.1) is 48.4 Å². The van der Waals surface area contributed by atoms with Crippen LogP contribution >= 0.6 is 0 Å². The molecule has 4 N–H and O–H groups in total. The number of nitrogens with one attached hydrogen (secondary N) is 4. The fourth-order valence-electron chi connectivity index (χ4n) is 8.56. The zero-order valence-corrected chi connectivity index (χ0v) is 31.5. The second-order valence-electron chi connectivity index (χ2n) is 15.6. The second kappa shape index (κ2) is 14.6. The molecule has 0 unspecified atom stereocenters. The number of alkyl carbamates (subject to hydrolysis) is 2. The molecule has 2 aliphatic carbocycles. The highest BCUT2D eigenvalue weighted by Crippen LogP contribution is 2.40. The summed E-state index contributed by atoms with van der Waals surface area (Å²) in [7, 11) is 2.63. The van der Waals surface area contributed by atoms with E-state index in [0.29, 0.717) is 13.1 Å². The van der Waals surface area contributed by atoms with Crippen molar-refractivity contribution in [1.29, 1.82) is 0 Å². The van der Waals surface area contributed by atoms with Crippen molar-refractivity contribution < 1.29 is 28.7 Å². The molecule has 4 amide bonds. The molecule has 0 bridgehead atoms. The highest BCUT2D eigenvalue weighted by molar-refractivity contribution is 5.89. The first-order valence-corrected chi connectivity index (χ1v) is 19.7. The summed E-state index contributed by atoms with van der Waals surface area (Å²) >= 11 is 0. The number of carbonyl (C=O) groups excluding carboxylic acids is 4. The van der Waals surface area contributed by atoms with Crippen LogP contribution in [0, 0.1) is 11.8 Å². The number of benzene rings is 3. The Balaban J connectivity index is 0.899. The topological polar surface area (TPSA) is 175 Å². The zero-order chi connectivity index (χ0) is 38.5. The molecule has 14 nitrogen and oxygen atoms in total. The number of aromatic nitrogens is 4. The van der Waals surface area contributed by atoms with Crippen LogP contribution in [0.25, 0.3) is 44.3 Å². The minimum absolute atomic E-state index is 0.0747. The van der Waals surface area contributed by atoms with Crippen LogP contribution in [0.5, 0.6) is 0 Å². The number of rotatable bonds is 10. The Morgan fingerprint density at radius 1 is 0.607 bits per heavy atom. The first kappa shape index (κ1) is 35.8. The molecule has 2 saturated heterocycles. The quantitative estimate of drug-likeness (QED) is 0.127. The normalized spacial score (nSPS) is 20.6. The molecule has 4 fully saturated rings. The van der Waals surface area contributed by atoms with E-state index in [0.717, 1.165) is 107 Å². The molecular weight excluding hydrogens is 713 g/mol. The number of amides is 4. The average Bonchev–Trinajstić information content (AvgIpc) is 4.00. The minimum Gasteiger partial charge on any atom is -0.453 e. The van der Waals surface area contributed by atoms with E-state index in [2.05, 4.69) is 69.1 Å². The van der Waals surface area contributed by atoms with Crippen molar-refractivity contribution in [2.45, 2.75) is 75.5 Å². The van der Waals surface area contributed by atoms with E-state index in [-0.39, 0.29) is 35.7 Å². The summed E-state index contributed by atoms with van der Waals surface area (Å²) in [6.45, 7) is 1.24. The minimum atomic E-state index is -0.583. The number of hydrogen-bond acceptors (Lipinski definition) is 8. The van der Waals surface area contributed by atoms with E-state index in [1.54, 1.807) is 0 Å². The maximum Gasteiger partial charge on any atom is 0.407 e. The number of hydrogen-bond donors (Lipinski definition) is 4. The monoisotopic (exact) mass is 758 g/mol. The number of ether oxygens (including phenoxy) is 2. The average molecular weight is 759 g/mol. The summed E-state index contributed by atoms with van der Waals surface area (Å²) in [5.41, 5.74) is 7.67. The van der Waals surface area contributed by atoms with Gasteiger partial charge in [0, 0.05) is 13.1 Å². The Bertz CT molecular complexity index is 2150. The Hall–Kier alpha value is -5.92. The standard InChI is InChI=1S/C42H46N8O6/c1-55-41(53)47-35(25-11-12-25)39(51)49-19-3-5-33(49)37-43-29-17-15-27(21-31(29)45-37)23-7-9-24(10-8-23)28-16-18-30-32(22-28)46-38(44-30)34-6-4-20-50(34)40(52)36(26-13-14-26)48-42(54)56-2/h7-10,15-18,21-22,25-26,33-36H,3-6,11-14,19-20H2,1-2H3,(H,43,45)(H,44,46)(H,47,53)(H,48,54)/t33-,34-,35-,36-/m0/s1. The van der Waals surface area contributed by atoms with E-state index < -0.39 is 24.3 Å². The summed E-state index contributed by atoms with van der Waals surface area (Å²) in [5, 5.41) is 5.54. The molecule has 2 aromatic heterocycles. The number of methoxy groups -OCH3 is 2. The summed E-state index contributed by atoms with van der Waals surface area (Å²) in [5.74, 6) is 1.65. The molecular formula is C42H46N8O6. The molecule has 56 heavy (non-hydrogen) atoms. The molecule has 9 rings (SSSR count). The third-order valence-electron chi connectivity index (χ3n) is 11.9. The highest BCUT2D eigenvalue weighted by atomic mass is 16.5. The van der Waals surface area contributed by atoms with Gasteiger partial charge in [-0.25, -0.2) is 19.6 Å². The van der Waals surface area contributed by atoms with Crippen LogP contribution in [0.2, 0.25) is 0 Å². The Morgan fingerprint density at radius 3 is 1.59 bits per heavy atom. The Morgan fingerprint density at radius 2 is 1.07 bits per heavy atom. The molecule has 2 aliphatic heterocycles. The SMILES string of the molecule is COC(=O)N[C@H](C(=O)N1CCC[C@H]1c1nc2cc(-c3ccc(-c4ccc5nc([C@@H]6CCCN6C(=O)[C@@H](NC(=O)OC)C6CC6)[nH]c5c4)cc3)ccc2[nH]1)C1CC1. The number of nitrogens with zero attached hydrogens (tertiary/aromatic N) is 4. The van der Waals surface area contributed by atoms with E-state index in [1.165, 1.54) is 14.2 Å². The van der Waals surface area contributed by atoms with Crippen LogP contribution in [0.4, 0.5) is 9.59 Å². The van der Waals surface area contributed by atoms with Crippen LogP contribution in [0.15, 0.2) is 60.7 Å². The second-order valence-corrected chi connectivity index (χ2v) is 15.6. The lowest BCUT2D eigenvalue weighted by Crippen LogP contribution is -2.49. The zero-order valence-electron chi connectivity index (χ0n) is 31.5. The molecule has 290 valence electrons. The predicted molar refractivity (Wildman–Crippen MR) is 208 cm³/mol. The first-order valence-electron chi connectivity index (χ1n) is 19.7. The van der Waals surface area contributed by atoms with Crippen molar-refractivity contribution >= 4 is 46.1 Å². The van der Waals surface area contributed by atoms with Gasteiger partial charge in [-0.15, -0.1) is 0 Å². The fraction of sp³-hybridized carbons (Fsp3) is 0.429. The van der Waals surface area contributed by atoms with Gasteiger partial charge in [-0.2, -0.15) is 0 Å². The number of fused-ring (bicyclic) bond motifs is 2. The summed E-state index contributed by atoms with van der Waals surface area (Å²) in [6.07, 6.45) is 5.84. The molecule has 14 heteroatoms. The molecule has 0 radical (unpaired) electrons. The molecule has 2 saturated carbocycles. The lowest BCUT2D eigenvalue weighted by atomic mass is 10.00. The molecule has 4 atom stereocenters. The third-order valence-corrected chi connectivity index (χ3v) is 11.9. The van der Waals surface area contributed by atoms with Crippen molar-refractivity contribution in [2.24, 2.45) is 11.8 Å². The largest absolute Gasteiger partial charge is 0.453 e. The smallest absolute Gasteiger partial charge is 0.407 e. The molecule has 0 spiro atoms. The van der Waals surface area contributed by atoms with Crippen LogP contribution in [0.1, 0.15) is 75.1 Å². The molecule has 4 heterocycles. The van der Waals surface area contributed by atoms with Crippen molar-refractivity contribution in [1.82, 2.24) is 40.4 Å². The number of H-pyrrole nitrogens is 2. The highest BCUT2D eigenvalue weighted by Gasteiger charge is 2.44. The van der Waals surface area contributed by atoms with Crippen molar-refractivity contribution in [3.63, 3.8) is 0 Å². The van der Waals surface area contributed by atoms with Gasteiger partial charge in [0.25, 0.3) is 0 Å². The number of aromatic amines is 2. The van der Waals surface area contributed by atoms with Crippen LogP contribution < -0.4 is 10.6 Å². The number of likely N-dealkylation sites (tertiary alicyclic amines) is 2. The van der Waals surface area contributed by atoms with E-state index in [1.807, 2.05) is 21.9 Å². The lowest BCUT2D eigenvalue weighted by molar-refractivity contribution is -0.135. The summed E-state index contributed by atoms with van der Waals surface area (Å²) in [6, 6.07) is 19.3. The van der Waals surface area contributed by atoms with Gasteiger partial charge in [0.1, 0.15) is 23.7 Å². The van der Waals surface area contributed by atoms with E-state index in [9.17, 15) is 19.2 Å². The maximum absolute atomic E-state index is 13.7. The van der Waals surface area contributed by atoms with Crippen molar-refractivity contribution in [2.75, 3.05) is 27.3 Å². The number of carbonyl (C=O) groups is 4. The summed E-state index contributed by atoms with van der Waals surface area (Å²) < 4.78 is 9.60. The van der Waals surface area contributed by atoms with Gasteiger partial charge in [-0.3, -0.25) is 9.59 Å². The molecule has 3 aromatic carbocycles. The Labute approximate surface area is 323 Å². The lowest BCUT2D eigenvalue weighted by Gasteiger charge is -2.28. The maximum atomic E-state index is 13.7. The van der Waals surface area contributed by atoms with E-state index >= 15 is 0 Å². The number of imidazole rings is 2. The van der Waals surface area contributed by atoms with Gasteiger partial charge < -0.3 is 39.9 Å². The van der Waals surface area contributed by atoms with Gasteiger partial charge in [0.2, 0.25) is 11.8 Å². The fourth-order valence-corrected chi connectivity index (χ4v) is 8.56. The van der Waals surface area contributed by atoms with Crippen molar-refractivity contribution in [3.8, 4) is 22.3 Å². The molecule has 4 aliphatic rings. The third kappa shape index (κ3) is 6.92. The van der Waals surface area contributed by atoms with E-state index in [4.69, 9.17) is 19.4 Å². The molecule has 5 aromatic rings. The summed E-state index contributed by atoms with van der Waals surface area (Å²) in [4.78, 5) is 71.9. The van der Waals surface area contributed by atoms with Crippen molar-refractivity contribution in [3.05, 3.63) is 72.3 Å². The van der Waals surface area contributed by atoms with Gasteiger partial charge in [-0.05, 0) is 110 Å².